The lowest BCUT2D eigenvalue weighted by Gasteiger charge is -2.26. The van der Waals surface area contributed by atoms with Gasteiger partial charge in [-0.1, -0.05) is 56.0 Å². The van der Waals surface area contributed by atoms with E-state index >= 15 is 0 Å². The summed E-state index contributed by atoms with van der Waals surface area (Å²) >= 11 is 0. The van der Waals surface area contributed by atoms with Gasteiger partial charge in [-0.2, -0.15) is 0 Å². The molecule has 0 unspecified atom stereocenters. The predicted octanol–water partition coefficient (Wildman–Crippen LogP) is 5.84. The molecule has 4 amide bonds. The minimum atomic E-state index is -0.575. The molecule has 1 aromatic carbocycles. The molecule has 0 bridgehead atoms. The highest BCUT2D eigenvalue weighted by molar-refractivity contribution is 5.79. The molecule has 0 saturated heterocycles. The van der Waals surface area contributed by atoms with Crippen LogP contribution in [0.15, 0.2) is 30.3 Å². The van der Waals surface area contributed by atoms with Crippen molar-refractivity contribution in [2.45, 2.75) is 160 Å². The number of carbonyl (C=O) groups excluding carboxylic acids is 5. The van der Waals surface area contributed by atoms with E-state index < -0.39 is 11.7 Å². The number of nitrogens with one attached hydrogen (secondary N) is 4. The quantitative estimate of drug-likeness (QED) is 0.177. The smallest absolute Gasteiger partial charge is 0.407 e. The van der Waals surface area contributed by atoms with Gasteiger partial charge in [-0.05, 0) is 101 Å². The van der Waals surface area contributed by atoms with Gasteiger partial charge in [0, 0.05) is 43.4 Å². The minimum absolute atomic E-state index is 0.0132. The van der Waals surface area contributed by atoms with Crippen LogP contribution < -0.4 is 21.3 Å². The van der Waals surface area contributed by atoms with Crippen molar-refractivity contribution in [1.29, 1.82) is 0 Å². The normalized spacial score (nSPS) is 28.9. The first-order valence-corrected chi connectivity index (χ1v) is 19.5. The molecule has 4 aliphatic carbocycles. The first-order chi connectivity index (χ1) is 24.4. The average Bonchev–Trinajstić information content (AvgIpc) is 3.88. The van der Waals surface area contributed by atoms with Gasteiger partial charge in [0.25, 0.3) is 0 Å². The zero-order valence-corrected chi connectivity index (χ0v) is 30.9. The molecule has 0 heterocycles. The second-order valence-corrected chi connectivity index (χ2v) is 16.5. The Balaban J connectivity index is 1.02. The SMILES string of the molecule is CC(C)(C)OC(=O)N[C@H]1CCC[C@@H]1CC(=O)N[C@H]1CCC[C@@H]1CC(=O)N[C@H]1CCC[C@@H]1CC(=O)N[C@H]1CCC[C@@H]1CC(=O)OCc1ccccc1. The number of benzene rings is 1. The van der Waals surface area contributed by atoms with Crippen molar-refractivity contribution in [2.75, 3.05) is 0 Å². The van der Waals surface area contributed by atoms with E-state index in [0.29, 0.717) is 25.7 Å². The largest absolute Gasteiger partial charge is 0.461 e. The maximum atomic E-state index is 13.3. The molecule has 11 heteroatoms. The molecule has 8 atom stereocenters. The van der Waals surface area contributed by atoms with E-state index in [2.05, 4.69) is 21.3 Å². The molecule has 0 aromatic heterocycles. The Bertz CT molecular complexity index is 1350. The first kappa shape index (κ1) is 38.6. The van der Waals surface area contributed by atoms with Gasteiger partial charge in [0.1, 0.15) is 12.2 Å². The maximum absolute atomic E-state index is 13.3. The fourth-order valence-corrected chi connectivity index (χ4v) is 8.87. The van der Waals surface area contributed by atoms with Crippen LogP contribution in [0.3, 0.4) is 0 Å². The van der Waals surface area contributed by atoms with Crippen molar-refractivity contribution < 1.29 is 33.4 Å². The van der Waals surface area contributed by atoms with Crippen molar-refractivity contribution >= 4 is 29.8 Å². The van der Waals surface area contributed by atoms with Gasteiger partial charge in [0.05, 0.1) is 6.42 Å². The molecule has 4 N–H and O–H groups in total. The minimum Gasteiger partial charge on any atom is -0.461 e. The zero-order chi connectivity index (χ0) is 36.4. The van der Waals surface area contributed by atoms with Crippen LogP contribution in [0.1, 0.15) is 129 Å². The van der Waals surface area contributed by atoms with Crippen LogP contribution in [0.25, 0.3) is 0 Å². The van der Waals surface area contributed by atoms with E-state index in [9.17, 15) is 24.0 Å². The molecular weight excluding hydrogens is 648 g/mol. The van der Waals surface area contributed by atoms with E-state index in [0.717, 1.165) is 82.6 Å². The molecule has 4 fully saturated rings. The molecular formula is C40H60N4O7. The third-order valence-corrected chi connectivity index (χ3v) is 11.4. The van der Waals surface area contributed by atoms with Crippen LogP contribution in [-0.2, 0) is 35.3 Å². The molecule has 0 spiro atoms. The standard InChI is InChI=1S/C40H60N4O7/c1-40(2,3)51-39(49)44-34-20-9-15-29(34)23-37(47)42-32-18-7-13-27(32)21-35(45)41-31-17-8-14-28(31)22-36(46)43-33-19-10-16-30(33)24-38(48)50-25-26-11-5-4-6-12-26/h4-6,11-12,27-34H,7-10,13-25H2,1-3H3,(H,41,45)(H,42,47)(H,43,46)(H,44,49)/t27-,28-,29-,30-,31+,32+,33+,34+/m1/s1. The molecule has 5 rings (SSSR count). The first-order valence-electron chi connectivity index (χ1n) is 19.5. The average molecular weight is 709 g/mol. The van der Waals surface area contributed by atoms with Crippen LogP contribution >= 0.6 is 0 Å². The highest BCUT2D eigenvalue weighted by Gasteiger charge is 2.37. The summed E-state index contributed by atoms with van der Waals surface area (Å²) in [7, 11) is 0. The third kappa shape index (κ3) is 12.2. The second kappa shape index (κ2) is 18.2. The van der Waals surface area contributed by atoms with Crippen LogP contribution in [0.5, 0.6) is 0 Å². The summed E-state index contributed by atoms with van der Waals surface area (Å²) in [6, 6.07) is 9.43. The molecule has 4 aliphatic rings. The number of amides is 4. The summed E-state index contributed by atoms with van der Waals surface area (Å²) in [6.07, 6.45) is 11.8. The predicted molar refractivity (Wildman–Crippen MR) is 193 cm³/mol. The summed E-state index contributed by atoms with van der Waals surface area (Å²) < 4.78 is 10.9. The van der Waals surface area contributed by atoms with E-state index in [1.807, 2.05) is 51.1 Å². The van der Waals surface area contributed by atoms with E-state index in [-0.39, 0.29) is 78.1 Å². The Morgan fingerprint density at radius 3 is 1.37 bits per heavy atom. The highest BCUT2D eigenvalue weighted by Crippen LogP contribution is 2.34. The van der Waals surface area contributed by atoms with Gasteiger partial charge in [-0.3, -0.25) is 19.2 Å². The van der Waals surface area contributed by atoms with Crippen LogP contribution in [0.2, 0.25) is 0 Å². The summed E-state index contributed by atoms with van der Waals surface area (Å²) in [5, 5.41) is 12.6. The van der Waals surface area contributed by atoms with Gasteiger partial charge in [-0.15, -0.1) is 0 Å². The zero-order valence-electron chi connectivity index (χ0n) is 30.9. The van der Waals surface area contributed by atoms with E-state index in [4.69, 9.17) is 9.47 Å². The van der Waals surface area contributed by atoms with Crippen LogP contribution in [0, 0.1) is 23.7 Å². The van der Waals surface area contributed by atoms with Crippen molar-refractivity contribution in [3.05, 3.63) is 35.9 Å². The van der Waals surface area contributed by atoms with Gasteiger partial charge < -0.3 is 30.7 Å². The molecule has 4 saturated carbocycles. The second-order valence-electron chi connectivity index (χ2n) is 16.5. The molecule has 0 radical (unpaired) electrons. The maximum Gasteiger partial charge on any atom is 0.407 e. The van der Waals surface area contributed by atoms with Crippen LogP contribution in [-0.4, -0.2) is 59.6 Å². The Labute approximate surface area is 303 Å². The third-order valence-electron chi connectivity index (χ3n) is 11.4. The van der Waals surface area contributed by atoms with E-state index in [1.165, 1.54) is 0 Å². The summed E-state index contributed by atoms with van der Waals surface area (Å²) in [6.45, 7) is 5.75. The fourth-order valence-electron chi connectivity index (χ4n) is 8.87. The lowest BCUT2D eigenvalue weighted by Crippen LogP contribution is -2.45. The summed E-state index contributed by atoms with van der Waals surface area (Å²) in [5.74, 6) is 0.0179. The topological polar surface area (TPSA) is 152 Å². The van der Waals surface area contributed by atoms with Gasteiger partial charge in [0.15, 0.2) is 0 Å². The summed E-state index contributed by atoms with van der Waals surface area (Å²) in [5.41, 5.74) is 0.379. The Morgan fingerprint density at radius 1 is 0.569 bits per heavy atom. The number of hydrogen-bond acceptors (Lipinski definition) is 7. The molecule has 11 nitrogen and oxygen atoms in total. The number of alkyl carbamates (subject to hydrolysis) is 1. The number of ether oxygens (including phenoxy) is 2. The monoisotopic (exact) mass is 708 g/mol. The van der Waals surface area contributed by atoms with Crippen molar-refractivity contribution in [3.63, 3.8) is 0 Å². The number of hydrogen-bond donors (Lipinski definition) is 4. The fraction of sp³-hybridized carbons (Fsp3) is 0.725. The van der Waals surface area contributed by atoms with Crippen LogP contribution in [0.4, 0.5) is 4.79 Å². The van der Waals surface area contributed by atoms with Gasteiger partial charge >= 0.3 is 12.1 Å². The Hall–Kier alpha value is -3.63. The highest BCUT2D eigenvalue weighted by atomic mass is 16.6. The van der Waals surface area contributed by atoms with Crippen molar-refractivity contribution in [2.24, 2.45) is 23.7 Å². The Kier molecular flexibility index (Phi) is 13.8. The lowest BCUT2D eigenvalue weighted by molar-refractivity contribution is -0.146. The molecule has 0 aliphatic heterocycles. The van der Waals surface area contributed by atoms with Gasteiger partial charge in [-0.25, -0.2) is 4.79 Å². The molecule has 51 heavy (non-hydrogen) atoms. The lowest BCUT2D eigenvalue weighted by atomic mass is 9.95. The summed E-state index contributed by atoms with van der Waals surface area (Å²) in [4.78, 5) is 64.5. The molecule has 282 valence electrons. The Morgan fingerprint density at radius 2 is 0.961 bits per heavy atom. The number of rotatable bonds is 14. The van der Waals surface area contributed by atoms with Crippen molar-refractivity contribution in [3.8, 4) is 0 Å². The molecule has 1 aromatic rings. The van der Waals surface area contributed by atoms with E-state index in [1.54, 1.807) is 0 Å². The number of carbonyl (C=O) groups is 5. The number of esters is 1. The van der Waals surface area contributed by atoms with Crippen molar-refractivity contribution in [1.82, 2.24) is 21.3 Å². The van der Waals surface area contributed by atoms with Gasteiger partial charge in [0.2, 0.25) is 17.7 Å².